The molecular weight excluding hydrogens is 336 g/mol. The summed E-state index contributed by atoms with van der Waals surface area (Å²) >= 11 is 0. The van der Waals surface area contributed by atoms with Gasteiger partial charge < -0.3 is 4.74 Å². The first-order valence-corrected chi connectivity index (χ1v) is 8.50. The van der Waals surface area contributed by atoms with Crippen LogP contribution >= 0.6 is 0 Å². The lowest BCUT2D eigenvalue weighted by Crippen LogP contribution is -2.26. The highest BCUT2D eigenvalue weighted by Crippen LogP contribution is 2.28. The Morgan fingerprint density at radius 2 is 1.52 bits per heavy atom. The summed E-state index contributed by atoms with van der Waals surface area (Å²) in [5.41, 5.74) is 2.89. The maximum absolute atomic E-state index is 12.9. The topological polar surface area (TPSA) is 73.9 Å². The number of rotatable bonds is 2. The van der Waals surface area contributed by atoms with Gasteiger partial charge in [-0.1, -0.05) is 18.8 Å². The molecule has 1 heterocycles. The number of Topliss-reactive ketones (excluding diaryl/α,β-unsaturated/α-hetero) is 1. The van der Waals surface area contributed by atoms with E-state index in [1.807, 2.05) is 13.0 Å². The number of carbonyl (C=O) groups is 1. The van der Waals surface area contributed by atoms with Crippen LogP contribution in [0, 0.1) is 46.3 Å². The van der Waals surface area contributed by atoms with Crippen LogP contribution in [-0.4, -0.2) is 12.4 Å². The summed E-state index contributed by atoms with van der Waals surface area (Å²) in [6.07, 6.45) is 1.50. The van der Waals surface area contributed by atoms with Crippen molar-refractivity contribution in [2.75, 3.05) is 6.61 Å². The fourth-order valence-corrected chi connectivity index (χ4v) is 2.83. The lowest BCUT2D eigenvalue weighted by Gasteiger charge is -2.25. The summed E-state index contributed by atoms with van der Waals surface area (Å²) in [7, 11) is 0. The molecule has 0 radical (unpaired) electrons. The highest BCUT2D eigenvalue weighted by molar-refractivity contribution is 6.09. The maximum atomic E-state index is 12.9. The maximum Gasteiger partial charge on any atom is 0.193 e. The van der Waals surface area contributed by atoms with Gasteiger partial charge in [-0.05, 0) is 48.5 Å². The molecule has 0 fully saturated rings. The Labute approximate surface area is 158 Å². The van der Waals surface area contributed by atoms with Crippen molar-refractivity contribution in [1.82, 2.24) is 0 Å². The van der Waals surface area contributed by atoms with Crippen molar-refractivity contribution in [3.05, 3.63) is 82.6 Å². The molecule has 130 valence electrons. The van der Waals surface area contributed by atoms with Gasteiger partial charge in [-0.25, -0.2) is 0 Å². The van der Waals surface area contributed by atoms with Crippen LogP contribution in [0.25, 0.3) is 0 Å². The number of ketones is 1. The van der Waals surface area contributed by atoms with E-state index in [-0.39, 0.29) is 17.6 Å². The van der Waals surface area contributed by atoms with Crippen molar-refractivity contribution >= 4 is 5.78 Å². The zero-order chi connectivity index (χ0) is 19.2. The SMILES string of the molecule is C[C@H]1COC=C(C(=O)c2ccc(C#N)cc2)[C@@H]1C#Cc1ccc(C#N)cc1. The molecule has 0 aliphatic carbocycles. The van der Waals surface area contributed by atoms with Gasteiger partial charge in [-0.15, -0.1) is 0 Å². The number of carbonyl (C=O) groups excluding carboxylic acids is 1. The van der Waals surface area contributed by atoms with E-state index in [1.165, 1.54) is 6.26 Å². The Hall–Kier alpha value is -3.81. The average Bonchev–Trinajstić information content (AvgIpc) is 2.72. The Morgan fingerprint density at radius 1 is 0.963 bits per heavy atom. The molecule has 4 heteroatoms. The first kappa shape index (κ1) is 18.0. The van der Waals surface area contributed by atoms with Crippen LogP contribution in [0.4, 0.5) is 0 Å². The molecule has 2 aromatic carbocycles. The Kier molecular flexibility index (Phi) is 5.36. The second kappa shape index (κ2) is 8.05. The number of hydrogen-bond acceptors (Lipinski definition) is 4. The average molecular weight is 352 g/mol. The molecule has 1 aliphatic rings. The quantitative estimate of drug-likeness (QED) is 0.608. The number of ether oxygens (including phenoxy) is 1. The van der Waals surface area contributed by atoms with Crippen LogP contribution in [-0.2, 0) is 4.74 Å². The van der Waals surface area contributed by atoms with Crippen LogP contribution in [0.5, 0.6) is 0 Å². The van der Waals surface area contributed by atoms with Crippen LogP contribution in [0.1, 0.15) is 34.0 Å². The van der Waals surface area contributed by atoms with Gasteiger partial charge in [0.25, 0.3) is 0 Å². The minimum absolute atomic E-state index is 0.0678. The standard InChI is InChI=1S/C23H16N2O2/c1-16-14-27-15-22(23(26)20-9-6-19(13-25)7-10-20)21(16)11-8-17-2-4-18(12-24)5-3-17/h2-7,9-10,15-16,21H,14H2,1H3/t16-,21+/m0/s1. The molecule has 0 saturated heterocycles. The Morgan fingerprint density at radius 3 is 2.11 bits per heavy atom. The molecule has 0 bridgehead atoms. The highest BCUT2D eigenvalue weighted by Gasteiger charge is 2.29. The number of hydrogen-bond donors (Lipinski definition) is 0. The zero-order valence-corrected chi connectivity index (χ0v) is 14.8. The van der Waals surface area contributed by atoms with Crippen molar-refractivity contribution in [2.24, 2.45) is 11.8 Å². The molecule has 1 aliphatic heterocycles. The molecule has 3 rings (SSSR count). The molecule has 0 unspecified atom stereocenters. The molecule has 0 N–H and O–H groups in total. The fourth-order valence-electron chi connectivity index (χ4n) is 2.83. The van der Waals surface area contributed by atoms with Gasteiger partial charge in [0.2, 0.25) is 0 Å². The number of benzene rings is 2. The van der Waals surface area contributed by atoms with E-state index in [1.54, 1.807) is 48.5 Å². The van der Waals surface area contributed by atoms with E-state index in [2.05, 4.69) is 17.9 Å². The van der Waals surface area contributed by atoms with Crippen LogP contribution in [0.15, 0.2) is 60.4 Å². The molecule has 0 aromatic heterocycles. The van der Waals surface area contributed by atoms with Gasteiger partial charge in [0.05, 0.1) is 42.1 Å². The minimum Gasteiger partial charge on any atom is -0.500 e. The van der Waals surface area contributed by atoms with E-state index in [9.17, 15) is 4.79 Å². The van der Waals surface area contributed by atoms with E-state index in [0.717, 1.165) is 5.56 Å². The molecule has 2 atom stereocenters. The molecule has 0 spiro atoms. The largest absolute Gasteiger partial charge is 0.500 e. The van der Waals surface area contributed by atoms with Crippen molar-refractivity contribution in [3.63, 3.8) is 0 Å². The molecule has 0 saturated carbocycles. The molecule has 27 heavy (non-hydrogen) atoms. The van der Waals surface area contributed by atoms with Crippen molar-refractivity contribution in [2.45, 2.75) is 6.92 Å². The predicted octanol–water partition coefficient (Wildman–Crippen LogP) is 3.83. The van der Waals surface area contributed by atoms with Gasteiger partial charge in [0, 0.05) is 22.6 Å². The minimum atomic E-state index is -0.252. The van der Waals surface area contributed by atoms with Gasteiger partial charge in [0.1, 0.15) is 0 Å². The Balaban J connectivity index is 1.88. The van der Waals surface area contributed by atoms with Crippen LogP contribution in [0.2, 0.25) is 0 Å². The summed E-state index contributed by atoms with van der Waals surface area (Å²) < 4.78 is 5.46. The summed E-state index contributed by atoms with van der Waals surface area (Å²) in [4.78, 5) is 12.9. The molecule has 4 nitrogen and oxygen atoms in total. The summed E-state index contributed by atoms with van der Waals surface area (Å²) in [5.74, 6) is 5.96. The van der Waals surface area contributed by atoms with Gasteiger partial charge in [-0.3, -0.25) is 4.79 Å². The molecule has 0 amide bonds. The van der Waals surface area contributed by atoms with Crippen molar-refractivity contribution in [1.29, 1.82) is 10.5 Å². The highest BCUT2D eigenvalue weighted by atomic mass is 16.5. The molecule has 2 aromatic rings. The third-order valence-corrected chi connectivity index (χ3v) is 4.40. The van der Waals surface area contributed by atoms with Gasteiger partial charge in [0.15, 0.2) is 5.78 Å². The number of nitriles is 2. The number of allylic oxidation sites excluding steroid dienone is 1. The predicted molar refractivity (Wildman–Crippen MR) is 100 cm³/mol. The second-order valence-electron chi connectivity index (χ2n) is 6.34. The Bertz CT molecular complexity index is 1020. The zero-order valence-electron chi connectivity index (χ0n) is 14.8. The van der Waals surface area contributed by atoms with E-state index < -0.39 is 0 Å². The van der Waals surface area contributed by atoms with E-state index in [4.69, 9.17) is 15.3 Å². The molecular formula is C23H16N2O2. The van der Waals surface area contributed by atoms with Crippen LogP contribution < -0.4 is 0 Å². The van der Waals surface area contributed by atoms with Crippen molar-refractivity contribution < 1.29 is 9.53 Å². The number of nitrogens with zero attached hydrogens (tertiary/aromatic N) is 2. The summed E-state index contributed by atoms with van der Waals surface area (Å²) in [5, 5.41) is 17.8. The second-order valence-corrected chi connectivity index (χ2v) is 6.34. The normalized spacial score (nSPS) is 18.0. The first-order valence-electron chi connectivity index (χ1n) is 8.50. The fraction of sp³-hybridized carbons (Fsp3) is 0.174. The van der Waals surface area contributed by atoms with Gasteiger partial charge >= 0.3 is 0 Å². The lowest BCUT2D eigenvalue weighted by atomic mass is 9.83. The summed E-state index contributed by atoms with van der Waals surface area (Å²) in [6.45, 7) is 2.49. The van der Waals surface area contributed by atoms with Gasteiger partial charge in [-0.2, -0.15) is 10.5 Å². The lowest BCUT2D eigenvalue weighted by molar-refractivity contribution is 0.0973. The summed E-state index contributed by atoms with van der Waals surface area (Å²) in [6, 6.07) is 17.7. The van der Waals surface area contributed by atoms with Crippen molar-refractivity contribution in [3.8, 4) is 24.0 Å². The smallest absolute Gasteiger partial charge is 0.193 e. The third kappa shape index (κ3) is 4.06. The third-order valence-electron chi connectivity index (χ3n) is 4.40. The van der Waals surface area contributed by atoms with Crippen LogP contribution in [0.3, 0.4) is 0 Å². The van der Waals surface area contributed by atoms with E-state index in [0.29, 0.717) is 28.9 Å². The first-order chi connectivity index (χ1) is 13.1. The monoisotopic (exact) mass is 352 g/mol. The van der Waals surface area contributed by atoms with E-state index >= 15 is 0 Å².